The average molecular weight is 482 g/mol. The van der Waals surface area contributed by atoms with E-state index in [4.69, 9.17) is 4.74 Å². The average Bonchev–Trinajstić information content (AvgIpc) is 3.06. The van der Waals surface area contributed by atoms with Crippen molar-refractivity contribution in [2.24, 2.45) is 46.3 Å². The van der Waals surface area contributed by atoms with E-state index in [2.05, 4.69) is 36.7 Å². The van der Waals surface area contributed by atoms with Crippen molar-refractivity contribution in [3.63, 3.8) is 0 Å². The normalized spacial score (nSPS) is 46.5. The molecule has 4 aliphatic rings. The molecule has 0 bridgehead atoms. The Morgan fingerprint density at radius 3 is 2.57 bits per heavy atom. The van der Waals surface area contributed by atoms with Gasteiger partial charge in [0.2, 0.25) is 0 Å². The molecule has 4 saturated carbocycles. The number of carbonyl (C=O) groups excluding carboxylic acids is 2. The third kappa shape index (κ3) is 3.52. The van der Waals surface area contributed by atoms with E-state index in [0.717, 1.165) is 49.9 Å². The van der Waals surface area contributed by atoms with Crippen LogP contribution in [0.15, 0.2) is 0 Å². The van der Waals surface area contributed by atoms with Crippen molar-refractivity contribution >= 4 is 27.7 Å². The molecule has 0 aromatic heterocycles. The second-order valence-corrected chi connectivity index (χ2v) is 12.6. The number of halogens is 1. The Hall–Kier alpha value is -0.380. The Kier molecular flexibility index (Phi) is 6.48. The van der Waals surface area contributed by atoms with E-state index in [1.807, 2.05) is 0 Å². The number of hydrogen-bond donors (Lipinski definition) is 0. The molecule has 0 saturated heterocycles. The van der Waals surface area contributed by atoms with Crippen molar-refractivity contribution in [2.45, 2.75) is 96.2 Å². The molecule has 4 rings (SSSR count). The maximum atomic E-state index is 12.8. The summed E-state index contributed by atoms with van der Waals surface area (Å²) in [7, 11) is 1.57. The highest BCUT2D eigenvalue weighted by Crippen LogP contribution is 2.68. The quantitative estimate of drug-likeness (QED) is 0.330. The maximum absolute atomic E-state index is 12.8. The van der Waals surface area contributed by atoms with Crippen LogP contribution in [-0.4, -0.2) is 23.7 Å². The third-order valence-corrected chi connectivity index (χ3v) is 11.2. The molecule has 0 aliphatic heterocycles. The van der Waals surface area contributed by atoms with Crippen LogP contribution in [-0.2, 0) is 14.3 Å². The molecule has 3 nitrogen and oxygen atoms in total. The molecular formula is C26H41BrO3. The summed E-state index contributed by atoms with van der Waals surface area (Å²) < 4.78 is 5.29. The molecule has 0 heterocycles. The first-order valence-electron chi connectivity index (χ1n) is 12.5. The lowest BCUT2D eigenvalue weighted by Crippen LogP contribution is -2.55. The molecule has 4 fully saturated rings. The molecule has 0 spiro atoms. The summed E-state index contributed by atoms with van der Waals surface area (Å²) in [5.41, 5.74) is 0.573. The summed E-state index contributed by atoms with van der Waals surface area (Å²) in [6.07, 6.45) is 12.5. The van der Waals surface area contributed by atoms with Gasteiger partial charge in [0.05, 0.1) is 17.9 Å². The van der Waals surface area contributed by atoms with E-state index in [-0.39, 0.29) is 22.1 Å². The van der Waals surface area contributed by atoms with Crippen molar-refractivity contribution in [2.75, 3.05) is 7.11 Å². The Labute approximate surface area is 191 Å². The summed E-state index contributed by atoms with van der Waals surface area (Å²) in [5.74, 6) is 3.84. The van der Waals surface area contributed by atoms with Crippen LogP contribution in [0.2, 0.25) is 0 Å². The van der Waals surface area contributed by atoms with Gasteiger partial charge >= 0.3 is 5.97 Å². The van der Waals surface area contributed by atoms with Crippen molar-refractivity contribution in [3.05, 3.63) is 0 Å². The molecule has 4 heteroatoms. The largest absolute Gasteiger partial charge is 0.469 e. The fourth-order valence-corrected chi connectivity index (χ4v) is 9.70. The highest BCUT2D eigenvalue weighted by atomic mass is 79.9. The summed E-state index contributed by atoms with van der Waals surface area (Å²) in [6, 6.07) is 0. The number of carbonyl (C=O) groups is 2. The van der Waals surface area contributed by atoms with Crippen molar-refractivity contribution in [1.29, 1.82) is 0 Å². The molecule has 30 heavy (non-hydrogen) atoms. The lowest BCUT2D eigenvalue weighted by Gasteiger charge is -2.61. The monoisotopic (exact) mass is 480 g/mol. The Bertz CT molecular complexity index is 677. The first kappa shape index (κ1) is 22.8. The van der Waals surface area contributed by atoms with Crippen molar-refractivity contribution in [3.8, 4) is 0 Å². The van der Waals surface area contributed by atoms with E-state index in [1.165, 1.54) is 38.5 Å². The van der Waals surface area contributed by atoms with Crippen molar-refractivity contribution in [1.82, 2.24) is 0 Å². The van der Waals surface area contributed by atoms with E-state index < -0.39 is 0 Å². The van der Waals surface area contributed by atoms with Gasteiger partial charge in [-0.2, -0.15) is 0 Å². The van der Waals surface area contributed by atoms with Gasteiger partial charge in [-0.1, -0.05) is 49.5 Å². The standard InChI is InChI=1S/C26H41BrO3/c1-5-6-7-18(24(29)30-4)20-11-10-19-17-9-8-16-14-23(28)22(27)15-26(16,3)21(17)12-13-25(19,20)2/h16-22H,5-15H2,1-4H3/t16-,17-,18+,19-,20+,21-,22+,25-,26-/m0/s1. The minimum absolute atomic E-state index is 0.0287. The number of hydrogen-bond acceptors (Lipinski definition) is 3. The molecule has 9 atom stereocenters. The number of methoxy groups -OCH3 is 1. The van der Waals surface area contributed by atoms with E-state index in [0.29, 0.717) is 23.0 Å². The first-order chi connectivity index (χ1) is 14.3. The molecule has 170 valence electrons. The summed E-state index contributed by atoms with van der Waals surface area (Å²) in [6.45, 7) is 7.23. The van der Waals surface area contributed by atoms with Gasteiger partial charge in [0.25, 0.3) is 0 Å². The minimum Gasteiger partial charge on any atom is -0.469 e. The fraction of sp³-hybridized carbons (Fsp3) is 0.923. The molecule has 0 radical (unpaired) electrons. The van der Waals surface area contributed by atoms with Gasteiger partial charge in [-0.25, -0.2) is 0 Å². The maximum Gasteiger partial charge on any atom is 0.308 e. The van der Waals surface area contributed by atoms with Crippen LogP contribution in [0.25, 0.3) is 0 Å². The fourth-order valence-electron chi connectivity index (χ4n) is 8.82. The molecule has 0 N–H and O–H groups in total. The SMILES string of the molecule is CCCC[C@@H](C(=O)OC)[C@H]1CC[C@H]2[C@@H]3CC[C@H]4CC(=O)[C@H](Br)C[C@]4(C)[C@H]3CC[C@]12C. The van der Waals surface area contributed by atoms with Gasteiger partial charge in [0.1, 0.15) is 5.78 Å². The zero-order valence-electron chi connectivity index (χ0n) is 19.4. The number of esters is 1. The van der Waals surface area contributed by atoms with Gasteiger partial charge in [0.15, 0.2) is 0 Å². The predicted octanol–water partition coefficient (Wildman–Crippen LogP) is 6.57. The Morgan fingerprint density at radius 1 is 1.13 bits per heavy atom. The molecule has 0 unspecified atom stereocenters. The molecule has 4 aliphatic carbocycles. The second-order valence-electron chi connectivity index (χ2n) is 11.5. The number of unbranched alkanes of at least 4 members (excludes halogenated alkanes) is 1. The Balaban J connectivity index is 1.58. The smallest absolute Gasteiger partial charge is 0.308 e. The van der Waals surface area contributed by atoms with Crippen LogP contribution >= 0.6 is 15.9 Å². The zero-order valence-corrected chi connectivity index (χ0v) is 21.0. The zero-order chi connectivity index (χ0) is 21.7. The van der Waals surface area contributed by atoms with Gasteiger partial charge in [-0.05, 0) is 91.8 Å². The molecule has 0 aromatic carbocycles. The highest BCUT2D eigenvalue weighted by Gasteiger charge is 2.62. The summed E-state index contributed by atoms with van der Waals surface area (Å²) in [5, 5.41) is 0. The summed E-state index contributed by atoms with van der Waals surface area (Å²) in [4.78, 5) is 25.2. The van der Waals surface area contributed by atoms with E-state index in [1.54, 1.807) is 7.11 Å². The molecule has 0 amide bonds. The van der Waals surface area contributed by atoms with Crippen LogP contribution in [0.3, 0.4) is 0 Å². The highest BCUT2D eigenvalue weighted by molar-refractivity contribution is 9.10. The predicted molar refractivity (Wildman–Crippen MR) is 123 cm³/mol. The second kappa shape index (κ2) is 8.52. The summed E-state index contributed by atoms with van der Waals surface area (Å²) >= 11 is 3.71. The van der Waals surface area contributed by atoms with Crippen LogP contribution in [0.5, 0.6) is 0 Å². The first-order valence-corrected chi connectivity index (χ1v) is 13.4. The minimum atomic E-state index is 0.0287. The van der Waals surface area contributed by atoms with Gasteiger partial charge < -0.3 is 4.74 Å². The van der Waals surface area contributed by atoms with Crippen LogP contribution in [0.1, 0.15) is 91.4 Å². The van der Waals surface area contributed by atoms with Gasteiger partial charge in [-0.15, -0.1) is 0 Å². The van der Waals surface area contributed by atoms with Gasteiger partial charge in [-0.3, -0.25) is 9.59 Å². The van der Waals surface area contributed by atoms with Crippen molar-refractivity contribution < 1.29 is 14.3 Å². The van der Waals surface area contributed by atoms with E-state index in [9.17, 15) is 9.59 Å². The number of ketones is 1. The van der Waals surface area contributed by atoms with Crippen LogP contribution in [0, 0.1) is 46.3 Å². The lowest BCUT2D eigenvalue weighted by molar-refractivity contribution is -0.153. The van der Waals surface area contributed by atoms with Gasteiger partial charge in [0, 0.05) is 6.42 Å². The number of fused-ring (bicyclic) bond motifs is 5. The van der Waals surface area contributed by atoms with E-state index >= 15 is 0 Å². The Morgan fingerprint density at radius 2 is 1.87 bits per heavy atom. The number of ether oxygens (including phenoxy) is 1. The molecule has 0 aromatic rings. The number of Topliss-reactive ketones (excluding diaryl/α,β-unsaturated/α-hetero) is 1. The van der Waals surface area contributed by atoms with Crippen LogP contribution < -0.4 is 0 Å². The topological polar surface area (TPSA) is 43.4 Å². The third-order valence-electron chi connectivity index (χ3n) is 10.4. The number of rotatable bonds is 5. The molecular weight excluding hydrogens is 440 g/mol. The van der Waals surface area contributed by atoms with Crippen LogP contribution in [0.4, 0.5) is 0 Å². The lowest BCUT2D eigenvalue weighted by atomic mass is 9.44. The number of alkyl halides is 1.